The van der Waals surface area contributed by atoms with Crippen LogP contribution in [0.15, 0.2) is 18.5 Å². The van der Waals surface area contributed by atoms with Gasteiger partial charge >= 0.3 is 0 Å². The van der Waals surface area contributed by atoms with E-state index in [1.165, 1.54) is 6.33 Å². The Kier molecular flexibility index (Phi) is 3.78. The van der Waals surface area contributed by atoms with Crippen molar-refractivity contribution in [2.75, 3.05) is 31.0 Å². The number of aromatic nitrogens is 2. The van der Waals surface area contributed by atoms with Crippen LogP contribution in [0, 0.1) is 0 Å². The number of hydrogen-bond donors (Lipinski definition) is 1. The molecule has 1 aromatic carbocycles. The second kappa shape index (κ2) is 5.60. The van der Waals surface area contributed by atoms with E-state index in [-0.39, 0.29) is 17.5 Å². The summed E-state index contributed by atoms with van der Waals surface area (Å²) < 4.78 is 33.8. The zero-order valence-corrected chi connectivity index (χ0v) is 13.2. The molecule has 1 aromatic heterocycles. The molecule has 22 heavy (non-hydrogen) atoms. The van der Waals surface area contributed by atoms with Gasteiger partial charge in [-0.1, -0.05) is 0 Å². The third-order valence-corrected chi connectivity index (χ3v) is 5.49. The van der Waals surface area contributed by atoms with Gasteiger partial charge in [-0.05, 0) is 18.6 Å². The van der Waals surface area contributed by atoms with Crippen LogP contribution in [0.5, 0.6) is 11.5 Å². The van der Waals surface area contributed by atoms with Crippen molar-refractivity contribution in [2.45, 2.75) is 12.5 Å². The first kappa shape index (κ1) is 14.8. The van der Waals surface area contributed by atoms with Gasteiger partial charge < -0.3 is 14.8 Å². The molecule has 1 aliphatic heterocycles. The fourth-order valence-electron chi connectivity index (χ4n) is 2.66. The summed E-state index contributed by atoms with van der Waals surface area (Å²) in [6, 6.07) is 3.49. The number of anilines is 1. The maximum absolute atomic E-state index is 11.6. The summed E-state index contributed by atoms with van der Waals surface area (Å²) in [4.78, 5) is 8.49. The molecule has 118 valence electrons. The van der Waals surface area contributed by atoms with Crippen molar-refractivity contribution < 1.29 is 17.9 Å². The molecule has 0 bridgehead atoms. The number of fused-ring (bicyclic) bond motifs is 1. The van der Waals surface area contributed by atoms with Gasteiger partial charge in [-0.2, -0.15) is 0 Å². The van der Waals surface area contributed by atoms with Crippen molar-refractivity contribution >= 4 is 26.6 Å². The molecule has 1 aliphatic rings. The third-order valence-electron chi connectivity index (χ3n) is 3.72. The number of hydrogen-bond acceptors (Lipinski definition) is 7. The molecule has 2 aromatic rings. The van der Waals surface area contributed by atoms with Crippen LogP contribution >= 0.6 is 0 Å². The first-order valence-electron chi connectivity index (χ1n) is 6.86. The summed E-state index contributed by atoms with van der Waals surface area (Å²) >= 11 is 0. The minimum Gasteiger partial charge on any atom is -0.493 e. The average Bonchev–Trinajstić information content (AvgIpc) is 2.85. The molecule has 2 heterocycles. The van der Waals surface area contributed by atoms with E-state index >= 15 is 0 Å². The average molecular weight is 323 g/mol. The maximum Gasteiger partial charge on any atom is 0.187 e. The zero-order valence-electron chi connectivity index (χ0n) is 12.4. The summed E-state index contributed by atoms with van der Waals surface area (Å²) in [5.74, 6) is 2.07. The van der Waals surface area contributed by atoms with Crippen LogP contribution in [-0.2, 0) is 9.84 Å². The van der Waals surface area contributed by atoms with Crippen LogP contribution in [0.3, 0.4) is 0 Å². The zero-order chi connectivity index (χ0) is 15.7. The highest BCUT2D eigenvalue weighted by Crippen LogP contribution is 2.36. The lowest BCUT2D eigenvalue weighted by molar-refractivity contribution is 0.358. The van der Waals surface area contributed by atoms with Crippen molar-refractivity contribution in [2.24, 2.45) is 0 Å². The SMILES string of the molecule is COc1ccc2c(NC3CCS(=O)(=O)C3)ncnc2c1OC. The molecule has 1 unspecified atom stereocenters. The molecule has 8 heteroatoms. The first-order chi connectivity index (χ1) is 10.5. The van der Waals surface area contributed by atoms with E-state index in [4.69, 9.17) is 9.47 Å². The van der Waals surface area contributed by atoms with E-state index in [0.717, 1.165) is 5.39 Å². The van der Waals surface area contributed by atoms with Gasteiger partial charge in [0.15, 0.2) is 21.3 Å². The Balaban J connectivity index is 2.01. The second-order valence-electron chi connectivity index (χ2n) is 5.16. The topological polar surface area (TPSA) is 90.4 Å². The van der Waals surface area contributed by atoms with Crippen LogP contribution in [-0.4, -0.2) is 50.2 Å². The van der Waals surface area contributed by atoms with Crippen LogP contribution in [0.1, 0.15) is 6.42 Å². The van der Waals surface area contributed by atoms with Crippen molar-refractivity contribution in [3.05, 3.63) is 18.5 Å². The van der Waals surface area contributed by atoms with Gasteiger partial charge in [0.05, 0.1) is 25.7 Å². The number of methoxy groups -OCH3 is 2. The number of nitrogens with one attached hydrogen (secondary N) is 1. The lowest BCUT2D eigenvalue weighted by atomic mass is 10.2. The predicted octanol–water partition coefficient (Wildman–Crippen LogP) is 1.25. The Hall–Kier alpha value is -2.09. The van der Waals surface area contributed by atoms with Crippen molar-refractivity contribution in [1.82, 2.24) is 9.97 Å². The van der Waals surface area contributed by atoms with E-state index in [9.17, 15) is 8.42 Å². The first-order valence-corrected chi connectivity index (χ1v) is 8.69. The molecule has 3 rings (SSSR count). The normalized spacial score (nSPS) is 20.0. The van der Waals surface area contributed by atoms with E-state index < -0.39 is 9.84 Å². The fraction of sp³-hybridized carbons (Fsp3) is 0.429. The molecule has 1 N–H and O–H groups in total. The number of nitrogens with zero attached hydrogens (tertiary/aromatic N) is 2. The fourth-order valence-corrected chi connectivity index (χ4v) is 4.33. The Bertz CT molecular complexity index is 807. The van der Waals surface area contributed by atoms with E-state index in [0.29, 0.717) is 29.3 Å². The van der Waals surface area contributed by atoms with Crippen molar-refractivity contribution in [1.29, 1.82) is 0 Å². The molecule has 0 spiro atoms. The Morgan fingerprint density at radius 3 is 2.68 bits per heavy atom. The van der Waals surface area contributed by atoms with Crippen molar-refractivity contribution in [3.8, 4) is 11.5 Å². The number of rotatable bonds is 4. The molecule has 0 saturated carbocycles. The molecular weight excluding hydrogens is 306 g/mol. The lowest BCUT2D eigenvalue weighted by Gasteiger charge is -2.15. The maximum atomic E-state index is 11.6. The van der Waals surface area contributed by atoms with Gasteiger partial charge in [-0.25, -0.2) is 18.4 Å². The third kappa shape index (κ3) is 2.66. The van der Waals surface area contributed by atoms with Gasteiger partial charge in [0.25, 0.3) is 0 Å². The quantitative estimate of drug-likeness (QED) is 0.905. The number of ether oxygens (including phenoxy) is 2. The molecule has 0 radical (unpaired) electrons. The Morgan fingerprint density at radius 1 is 1.23 bits per heavy atom. The molecule has 1 fully saturated rings. The smallest absolute Gasteiger partial charge is 0.187 e. The molecule has 1 saturated heterocycles. The molecular formula is C14H17N3O4S. The highest BCUT2D eigenvalue weighted by atomic mass is 32.2. The highest BCUT2D eigenvalue weighted by molar-refractivity contribution is 7.91. The summed E-state index contributed by atoms with van der Waals surface area (Å²) in [6.45, 7) is 0. The van der Waals surface area contributed by atoms with Gasteiger partial charge in [0.1, 0.15) is 17.7 Å². The van der Waals surface area contributed by atoms with E-state index in [1.807, 2.05) is 6.07 Å². The van der Waals surface area contributed by atoms with E-state index in [1.54, 1.807) is 20.3 Å². The Morgan fingerprint density at radius 2 is 2.05 bits per heavy atom. The van der Waals surface area contributed by atoms with Crippen LogP contribution in [0.4, 0.5) is 5.82 Å². The minimum atomic E-state index is -2.94. The number of benzene rings is 1. The van der Waals surface area contributed by atoms with Gasteiger partial charge in [0.2, 0.25) is 0 Å². The van der Waals surface area contributed by atoms with E-state index in [2.05, 4.69) is 15.3 Å². The second-order valence-corrected chi connectivity index (χ2v) is 7.39. The molecule has 7 nitrogen and oxygen atoms in total. The van der Waals surface area contributed by atoms with Crippen LogP contribution in [0.2, 0.25) is 0 Å². The number of sulfone groups is 1. The van der Waals surface area contributed by atoms with Gasteiger partial charge in [0, 0.05) is 11.4 Å². The van der Waals surface area contributed by atoms with Crippen LogP contribution in [0.25, 0.3) is 10.9 Å². The van der Waals surface area contributed by atoms with Crippen LogP contribution < -0.4 is 14.8 Å². The largest absolute Gasteiger partial charge is 0.493 e. The minimum absolute atomic E-state index is 0.129. The standard InChI is InChI=1S/C14H17N3O4S/c1-20-11-4-3-10-12(13(11)21-2)15-8-16-14(10)17-9-5-6-22(18,19)7-9/h3-4,8-9H,5-7H2,1-2H3,(H,15,16,17). The van der Waals surface area contributed by atoms with Crippen molar-refractivity contribution in [3.63, 3.8) is 0 Å². The van der Waals surface area contributed by atoms with Gasteiger partial charge in [-0.15, -0.1) is 0 Å². The highest BCUT2D eigenvalue weighted by Gasteiger charge is 2.28. The molecule has 1 atom stereocenters. The summed E-state index contributed by atoms with van der Waals surface area (Å²) in [5.41, 5.74) is 0.625. The molecule has 0 amide bonds. The predicted molar refractivity (Wildman–Crippen MR) is 83.3 cm³/mol. The summed E-state index contributed by atoms with van der Waals surface area (Å²) in [7, 11) is 0.172. The molecule has 0 aliphatic carbocycles. The monoisotopic (exact) mass is 323 g/mol. The summed E-state index contributed by atoms with van der Waals surface area (Å²) in [5, 5.41) is 3.97. The Labute approximate surface area is 128 Å². The van der Waals surface area contributed by atoms with Gasteiger partial charge in [-0.3, -0.25) is 0 Å². The summed E-state index contributed by atoms with van der Waals surface area (Å²) in [6.07, 6.45) is 2.01. The lowest BCUT2D eigenvalue weighted by Crippen LogP contribution is -2.21.